The maximum absolute atomic E-state index is 12.6. The standard InChI is InChI=1S/C26H19BrClNO5/c1-3-32-22-14-16(12-20(27)23(22)33-25(30)17-8-10-18(28)11-9-17)13-21-26(31)34-24(29-21)19-7-5-4-6-15(19)2/h4-14H,3H2,1-2H3/b21-13-. The zero-order chi connectivity index (χ0) is 24.2. The van der Waals surface area contributed by atoms with E-state index in [1.165, 1.54) is 0 Å². The number of ether oxygens (including phenoxy) is 3. The molecule has 0 aliphatic carbocycles. The first-order valence-electron chi connectivity index (χ1n) is 10.4. The fourth-order valence-corrected chi connectivity index (χ4v) is 3.93. The minimum Gasteiger partial charge on any atom is -0.490 e. The number of cyclic esters (lactones) is 1. The molecule has 0 saturated carbocycles. The van der Waals surface area contributed by atoms with E-state index in [-0.39, 0.29) is 17.3 Å². The summed E-state index contributed by atoms with van der Waals surface area (Å²) < 4.78 is 17.1. The van der Waals surface area contributed by atoms with Crippen molar-refractivity contribution in [1.82, 2.24) is 0 Å². The molecule has 0 bridgehead atoms. The molecular weight excluding hydrogens is 522 g/mol. The number of benzene rings is 3. The quantitative estimate of drug-likeness (QED) is 0.206. The van der Waals surface area contributed by atoms with Gasteiger partial charge in [0.15, 0.2) is 17.2 Å². The lowest BCUT2D eigenvalue weighted by molar-refractivity contribution is -0.129. The average Bonchev–Trinajstić information content (AvgIpc) is 3.16. The molecule has 0 atom stereocenters. The molecule has 0 N–H and O–H groups in total. The number of esters is 2. The van der Waals surface area contributed by atoms with Gasteiger partial charge in [0.2, 0.25) is 5.90 Å². The molecular formula is C26H19BrClNO5. The molecule has 0 fully saturated rings. The van der Waals surface area contributed by atoms with Gasteiger partial charge in [-0.25, -0.2) is 14.6 Å². The summed E-state index contributed by atoms with van der Waals surface area (Å²) in [6.07, 6.45) is 1.59. The van der Waals surface area contributed by atoms with Crippen molar-refractivity contribution in [3.63, 3.8) is 0 Å². The Morgan fingerprint density at radius 1 is 1.15 bits per heavy atom. The second-order valence-electron chi connectivity index (χ2n) is 7.31. The first-order chi connectivity index (χ1) is 16.4. The van der Waals surface area contributed by atoms with Crippen LogP contribution in [0.5, 0.6) is 11.5 Å². The Bertz CT molecular complexity index is 1330. The zero-order valence-corrected chi connectivity index (χ0v) is 20.6. The van der Waals surface area contributed by atoms with Crippen LogP contribution in [-0.2, 0) is 9.53 Å². The first-order valence-corrected chi connectivity index (χ1v) is 11.6. The van der Waals surface area contributed by atoms with Crippen molar-refractivity contribution >= 4 is 51.4 Å². The summed E-state index contributed by atoms with van der Waals surface area (Å²) in [6.45, 7) is 4.08. The second-order valence-corrected chi connectivity index (χ2v) is 8.60. The first kappa shape index (κ1) is 23.7. The average molecular weight is 541 g/mol. The molecule has 8 heteroatoms. The highest BCUT2D eigenvalue weighted by Crippen LogP contribution is 2.38. The van der Waals surface area contributed by atoms with Crippen LogP contribution in [0.15, 0.2) is 75.8 Å². The summed E-state index contributed by atoms with van der Waals surface area (Å²) in [5, 5.41) is 0.517. The van der Waals surface area contributed by atoms with Gasteiger partial charge in [0, 0.05) is 10.6 Å². The van der Waals surface area contributed by atoms with E-state index in [1.54, 1.807) is 42.5 Å². The summed E-state index contributed by atoms with van der Waals surface area (Å²) in [7, 11) is 0. The van der Waals surface area contributed by atoms with E-state index in [1.807, 2.05) is 38.1 Å². The zero-order valence-electron chi connectivity index (χ0n) is 18.3. The Morgan fingerprint density at radius 2 is 1.88 bits per heavy atom. The minimum absolute atomic E-state index is 0.151. The third-order valence-electron chi connectivity index (χ3n) is 4.91. The monoisotopic (exact) mass is 539 g/mol. The number of rotatable bonds is 6. The Hall–Kier alpha value is -3.42. The number of hydrogen-bond acceptors (Lipinski definition) is 6. The third-order valence-corrected chi connectivity index (χ3v) is 5.75. The number of hydrogen-bond donors (Lipinski definition) is 0. The van der Waals surface area contributed by atoms with Crippen LogP contribution in [0.25, 0.3) is 6.08 Å². The van der Waals surface area contributed by atoms with Crippen LogP contribution in [0.3, 0.4) is 0 Å². The Morgan fingerprint density at radius 3 is 2.59 bits per heavy atom. The summed E-state index contributed by atoms with van der Waals surface area (Å²) in [4.78, 5) is 29.4. The minimum atomic E-state index is -0.559. The molecule has 1 aliphatic rings. The molecule has 0 spiro atoms. The number of halogens is 2. The van der Waals surface area contributed by atoms with E-state index < -0.39 is 11.9 Å². The van der Waals surface area contributed by atoms with Crippen LogP contribution in [0.1, 0.15) is 34.0 Å². The van der Waals surface area contributed by atoms with Crippen molar-refractivity contribution in [2.45, 2.75) is 13.8 Å². The molecule has 0 unspecified atom stereocenters. The van der Waals surface area contributed by atoms with Gasteiger partial charge in [-0.3, -0.25) is 0 Å². The molecule has 34 heavy (non-hydrogen) atoms. The van der Waals surface area contributed by atoms with Crippen molar-refractivity contribution in [1.29, 1.82) is 0 Å². The number of carbonyl (C=O) groups excluding carboxylic acids is 2. The van der Waals surface area contributed by atoms with Gasteiger partial charge in [0.05, 0.1) is 16.6 Å². The summed E-state index contributed by atoms with van der Waals surface area (Å²) in [5.41, 5.74) is 2.81. The van der Waals surface area contributed by atoms with Gasteiger partial charge in [0.1, 0.15) is 0 Å². The van der Waals surface area contributed by atoms with E-state index in [2.05, 4.69) is 20.9 Å². The topological polar surface area (TPSA) is 74.2 Å². The van der Waals surface area contributed by atoms with Crippen LogP contribution in [0.4, 0.5) is 0 Å². The van der Waals surface area contributed by atoms with Crippen molar-refractivity contribution in [3.05, 3.63) is 98.1 Å². The number of nitrogens with zero attached hydrogens (tertiary/aromatic N) is 1. The van der Waals surface area contributed by atoms with Crippen molar-refractivity contribution in [3.8, 4) is 11.5 Å². The smallest absolute Gasteiger partial charge is 0.363 e. The van der Waals surface area contributed by atoms with Gasteiger partial charge >= 0.3 is 11.9 Å². The third kappa shape index (κ3) is 5.21. The molecule has 1 heterocycles. The Balaban J connectivity index is 1.65. The van der Waals surface area contributed by atoms with Gasteiger partial charge in [0.25, 0.3) is 0 Å². The van der Waals surface area contributed by atoms with Gasteiger partial charge in [-0.2, -0.15) is 0 Å². The number of aryl methyl sites for hydroxylation is 1. The summed E-state index contributed by atoms with van der Waals surface area (Å²) in [5.74, 6) is -0.295. The molecule has 0 amide bonds. The van der Waals surface area contributed by atoms with E-state index in [0.29, 0.717) is 33.0 Å². The van der Waals surface area contributed by atoms with Crippen LogP contribution in [0, 0.1) is 6.92 Å². The molecule has 3 aromatic carbocycles. The van der Waals surface area contributed by atoms with Crippen LogP contribution >= 0.6 is 27.5 Å². The SMILES string of the molecule is CCOc1cc(/C=C2\N=C(c3ccccc3C)OC2=O)cc(Br)c1OC(=O)c1ccc(Cl)cc1. The van der Waals surface area contributed by atoms with E-state index in [0.717, 1.165) is 11.1 Å². The van der Waals surface area contributed by atoms with Gasteiger partial charge in [-0.05, 0) is 89.4 Å². The predicted octanol–water partition coefficient (Wildman–Crippen LogP) is 6.37. The van der Waals surface area contributed by atoms with Gasteiger partial charge in [-0.15, -0.1) is 0 Å². The molecule has 0 radical (unpaired) electrons. The van der Waals surface area contributed by atoms with E-state index >= 15 is 0 Å². The van der Waals surface area contributed by atoms with Crippen LogP contribution in [0.2, 0.25) is 5.02 Å². The van der Waals surface area contributed by atoms with Gasteiger partial charge < -0.3 is 14.2 Å². The van der Waals surface area contributed by atoms with Crippen molar-refractivity contribution in [2.24, 2.45) is 4.99 Å². The van der Waals surface area contributed by atoms with Crippen LogP contribution in [-0.4, -0.2) is 24.4 Å². The molecule has 4 rings (SSSR count). The second kappa shape index (κ2) is 10.2. The largest absolute Gasteiger partial charge is 0.490 e. The molecule has 172 valence electrons. The highest BCUT2D eigenvalue weighted by atomic mass is 79.9. The van der Waals surface area contributed by atoms with Crippen molar-refractivity contribution < 1.29 is 23.8 Å². The lowest BCUT2D eigenvalue weighted by atomic mass is 10.1. The van der Waals surface area contributed by atoms with Gasteiger partial charge in [-0.1, -0.05) is 29.8 Å². The lowest BCUT2D eigenvalue weighted by Crippen LogP contribution is -2.10. The van der Waals surface area contributed by atoms with E-state index in [4.69, 9.17) is 25.8 Å². The highest BCUT2D eigenvalue weighted by molar-refractivity contribution is 9.10. The maximum atomic E-state index is 12.6. The van der Waals surface area contributed by atoms with E-state index in [9.17, 15) is 9.59 Å². The fourth-order valence-electron chi connectivity index (χ4n) is 3.27. The molecule has 0 saturated heterocycles. The van der Waals surface area contributed by atoms with Crippen molar-refractivity contribution in [2.75, 3.05) is 6.61 Å². The summed E-state index contributed by atoms with van der Waals surface area (Å²) >= 11 is 9.33. The van der Waals surface area contributed by atoms with Crippen LogP contribution < -0.4 is 9.47 Å². The highest BCUT2D eigenvalue weighted by Gasteiger charge is 2.25. The lowest BCUT2D eigenvalue weighted by Gasteiger charge is -2.13. The molecule has 6 nitrogen and oxygen atoms in total. The summed E-state index contributed by atoms with van der Waals surface area (Å²) in [6, 6.07) is 17.3. The normalized spacial score (nSPS) is 14.1. The number of aliphatic imine (C=N–C) groups is 1. The molecule has 1 aliphatic heterocycles. The number of carbonyl (C=O) groups is 2. The fraction of sp³-hybridized carbons (Fsp3) is 0.115. The Kier molecular flexibility index (Phi) is 7.14. The predicted molar refractivity (Wildman–Crippen MR) is 134 cm³/mol. The Labute approximate surface area is 209 Å². The maximum Gasteiger partial charge on any atom is 0.363 e. The molecule has 0 aromatic heterocycles. The molecule has 3 aromatic rings.